The van der Waals surface area contributed by atoms with Crippen molar-refractivity contribution >= 4 is 29.6 Å². The van der Waals surface area contributed by atoms with Crippen LogP contribution >= 0.6 is 0 Å². The summed E-state index contributed by atoms with van der Waals surface area (Å²) in [5.41, 5.74) is 1.71. The molecule has 0 aromatic heterocycles. The van der Waals surface area contributed by atoms with Crippen molar-refractivity contribution in [2.24, 2.45) is 0 Å². The third-order valence-corrected chi connectivity index (χ3v) is 3.22. The molecule has 0 unspecified atom stereocenters. The number of urea groups is 1. The molecule has 0 radical (unpaired) electrons. The van der Waals surface area contributed by atoms with Gasteiger partial charge in [0.2, 0.25) is 0 Å². The summed E-state index contributed by atoms with van der Waals surface area (Å²) in [4.78, 5) is 38.4. The number of nitrogens with zero attached hydrogens (tertiary/aromatic N) is 2. The fraction of sp³-hybridized carbons (Fsp3) is 0.267. The van der Waals surface area contributed by atoms with Crippen molar-refractivity contribution in [2.45, 2.75) is 6.92 Å². The summed E-state index contributed by atoms with van der Waals surface area (Å²) in [7, 11) is 3.85. The van der Waals surface area contributed by atoms with E-state index in [1.165, 1.54) is 6.08 Å². The zero-order valence-electron chi connectivity index (χ0n) is 12.2. The number of barbiturate groups is 1. The lowest BCUT2D eigenvalue weighted by Gasteiger charge is -2.24. The first-order valence-corrected chi connectivity index (χ1v) is 6.60. The molecular weight excluding hydrogens is 270 g/mol. The Morgan fingerprint density at radius 2 is 1.76 bits per heavy atom. The normalized spacial score (nSPS) is 17.2. The number of benzene rings is 1. The van der Waals surface area contributed by atoms with Gasteiger partial charge in [0.05, 0.1) is 0 Å². The van der Waals surface area contributed by atoms with Crippen LogP contribution in [0.2, 0.25) is 0 Å². The van der Waals surface area contributed by atoms with E-state index in [2.05, 4.69) is 5.32 Å². The smallest absolute Gasteiger partial charge is 0.331 e. The zero-order chi connectivity index (χ0) is 15.6. The fourth-order valence-corrected chi connectivity index (χ4v) is 2.02. The number of rotatable bonds is 3. The Kier molecular flexibility index (Phi) is 4.07. The van der Waals surface area contributed by atoms with Crippen molar-refractivity contribution in [3.8, 4) is 0 Å². The summed E-state index contributed by atoms with van der Waals surface area (Å²) in [5.74, 6) is -1.23. The molecule has 2 rings (SSSR count). The predicted octanol–water partition coefficient (Wildman–Crippen LogP) is 1.23. The molecule has 0 bridgehead atoms. The number of imide groups is 2. The number of likely N-dealkylation sites (N-methyl/N-ethyl adjacent to an activating group) is 1. The predicted molar refractivity (Wildman–Crippen MR) is 79.7 cm³/mol. The average Bonchev–Trinajstić information content (AvgIpc) is 2.44. The maximum Gasteiger partial charge on any atom is 0.331 e. The van der Waals surface area contributed by atoms with Crippen LogP contribution in [0.3, 0.4) is 0 Å². The molecule has 1 heterocycles. The largest absolute Gasteiger partial charge is 0.378 e. The van der Waals surface area contributed by atoms with E-state index in [9.17, 15) is 14.4 Å². The van der Waals surface area contributed by atoms with Gasteiger partial charge in [-0.15, -0.1) is 0 Å². The SMILES string of the molecule is CCN1C(=O)NC(=O)/C(=C\c2ccc(N(C)C)cc2)C1=O. The van der Waals surface area contributed by atoms with E-state index in [4.69, 9.17) is 0 Å². The number of amides is 4. The average molecular weight is 287 g/mol. The molecular formula is C15H17N3O3. The second kappa shape index (κ2) is 5.78. The van der Waals surface area contributed by atoms with E-state index in [-0.39, 0.29) is 12.1 Å². The lowest BCUT2D eigenvalue weighted by Crippen LogP contribution is -2.53. The number of anilines is 1. The molecule has 0 aliphatic carbocycles. The highest BCUT2D eigenvalue weighted by atomic mass is 16.2. The van der Waals surface area contributed by atoms with E-state index in [1.807, 2.05) is 43.3 Å². The summed E-state index contributed by atoms with van der Waals surface area (Å²) in [6.07, 6.45) is 1.49. The van der Waals surface area contributed by atoms with Gasteiger partial charge in [0.1, 0.15) is 5.57 Å². The van der Waals surface area contributed by atoms with Crippen LogP contribution in [0, 0.1) is 0 Å². The summed E-state index contributed by atoms with van der Waals surface area (Å²) >= 11 is 0. The Bertz CT molecular complexity index is 618. The molecule has 1 aromatic carbocycles. The maximum absolute atomic E-state index is 12.1. The van der Waals surface area contributed by atoms with Crippen molar-refractivity contribution in [1.29, 1.82) is 0 Å². The van der Waals surface area contributed by atoms with Gasteiger partial charge < -0.3 is 4.90 Å². The lowest BCUT2D eigenvalue weighted by molar-refractivity contribution is -0.129. The molecule has 6 nitrogen and oxygen atoms in total. The van der Waals surface area contributed by atoms with Crippen LogP contribution in [0.25, 0.3) is 6.08 Å². The van der Waals surface area contributed by atoms with Gasteiger partial charge in [0.15, 0.2) is 0 Å². The number of hydrogen-bond donors (Lipinski definition) is 1. The van der Waals surface area contributed by atoms with E-state index < -0.39 is 17.8 Å². The summed E-state index contributed by atoms with van der Waals surface area (Å²) in [6.45, 7) is 1.89. The van der Waals surface area contributed by atoms with Gasteiger partial charge in [0.25, 0.3) is 11.8 Å². The Hall–Kier alpha value is -2.63. The van der Waals surface area contributed by atoms with E-state index >= 15 is 0 Å². The third-order valence-electron chi connectivity index (χ3n) is 3.22. The standard InChI is InChI=1S/C15H17N3O3/c1-4-18-14(20)12(13(19)16-15(18)21)9-10-5-7-11(8-6-10)17(2)3/h5-9H,4H2,1-3H3,(H,16,19,21)/b12-9+. The second-order valence-corrected chi connectivity index (χ2v) is 4.85. The molecule has 0 saturated carbocycles. The number of carbonyl (C=O) groups is 3. The van der Waals surface area contributed by atoms with Gasteiger partial charge in [0, 0.05) is 26.3 Å². The third kappa shape index (κ3) is 2.94. The minimum absolute atomic E-state index is 0.0333. The Labute approximate surface area is 123 Å². The molecule has 1 aromatic rings. The van der Waals surface area contributed by atoms with Gasteiger partial charge in [-0.1, -0.05) is 12.1 Å². The fourth-order valence-electron chi connectivity index (χ4n) is 2.02. The Balaban J connectivity index is 2.32. The molecule has 110 valence electrons. The lowest BCUT2D eigenvalue weighted by atomic mass is 10.1. The van der Waals surface area contributed by atoms with Crippen molar-refractivity contribution < 1.29 is 14.4 Å². The van der Waals surface area contributed by atoms with Crippen molar-refractivity contribution in [2.75, 3.05) is 25.5 Å². The van der Waals surface area contributed by atoms with Gasteiger partial charge in [-0.05, 0) is 30.7 Å². The maximum atomic E-state index is 12.1. The van der Waals surface area contributed by atoms with Crippen LogP contribution in [0.4, 0.5) is 10.5 Å². The highest BCUT2D eigenvalue weighted by Gasteiger charge is 2.34. The van der Waals surface area contributed by atoms with Crippen LogP contribution in [0.1, 0.15) is 12.5 Å². The molecule has 1 aliphatic rings. The van der Waals surface area contributed by atoms with Crippen molar-refractivity contribution in [3.63, 3.8) is 0 Å². The first kappa shape index (κ1) is 14.8. The van der Waals surface area contributed by atoms with Crippen molar-refractivity contribution in [1.82, 2.24) is 10.2 Å². The van der Waals surface area contributed by atoms with Gasteiger partial charge in [-0.25, -0.2) is 4.79 Å². The van der Waals surface area contributed by atoms with Crippen molar-refractivity contribution in [3.05, 3.63) is 35.4 Å². The second-order valence-electron chi connectivity index (χ2n) is 4.85. The first-order chi connectivity index (χ1) is 9.93. The zero-order valence-corrected chi connectivity index (χ0v) is 12.2. The highest BCUT2D eigenvalue weighted by molar-refractivity contribution is 6.30. The number of carbonyl (C=O) groups excluding carboxylic acids is 3. The summed E-state index contributed by atoms with van der Waals surface area (Å²) < 4.78 is 0. The quantitative estimate of drug-likeness (QED) is 0.670. The summed E-state index contributed by atoms with van der Waals surface area (Å²) in [6, 6.07) is 6.74. The monoisotopic (exact) mass is 287 g/mol. The molecule has 0 atom stereocenters. The van der Waals surface area contributed by atoms with E-state index in [0.29, 0.717) is 0 Å². The molecule has 0 spiro atoms. The van der Waals surface area contributed by atoms with E-state index in [0.717, 1.165) is 16.2 Å². The van der Waals surface area contributed by atoms with E-state index in [1.54, 1.807) is 6.92 Å². The first-order valence-electron chi connectivity index (χ1n) is 6.60. The minimum Gasteiger partial charge on any atom is -0.378 e. The highest BCUT2D eigenvalue weighted by Crippen LogP contribution is 2.17. The molecule has 21 heavy (non-hydrogen) atoms. The molecule has 1 fully saturated rings. The van der Waals surface area contributed by atoms with Gasteiger partial charge in [-0.2, -0.15) is 0 Å². The van der Waals surface area contributed by atoms with Crippen LogP contribution in [-0.4, -0.2) is 43.4 Å². The Morgan fingerprint density at radius 1 is 1.14 bits per heavy atom. The van der Waals surface area contributed by atoms with Crippen LogP contribution in [0.15, 0.2) is 29.8 Å². The molecule has 1 saturated heterocycles. The Morgan fingerprint density at radius 3 is 2.29 bits per heavy atom. The van der Waals surface area contributed by atoms with Crippen LogP contribution in [0.5, 0.6) is 0 Å². The van der Waals surface area contributed by atoms with Gasteiger partial charge in [-0.3, -0.25) is 19.8 Å². The topological polar surface area (TPSA) is 69.7 Å². The molecule has 1 aliphatic heterocycles. The number of nitrogens with one attached hydrogen (secondary N) is 1. The molecule has 4 amide bonds. The molecule has 1 N–H and O–H groups in total. The number of hydrogen-bond acceptors (Lipinski definition) is 4. The minimum atomic E-state index is -0.674. The van der Waals surface area contributed by atoms with Crippen LogP contribution in [-0.2, 0) is 9.59 Å². The van der Waals surface area contributed by atoms with Gasteiger partial charge >= 0.3 is 6.03 Å². The molecule has 6 heteroatoms. The summed E-state index contributed by atoms with van der Waals surface area (Å²) in [5, 5.41) is 2.16. The van der Waals surface area contributed by atoms with Crippen LogP contribution < -0.4 is 10.2 Å².